The molecule has 0 N–H and O–H groups in total. The van der Waals surface area contributed by atoms with Crippen LogP contribution in [-0.2, 0) is 4.79 Å². The zero-order valence-electron chi connectivity index (χ0n) is 19.1. The van der Waals surface area contributed by atoms with Gasteiger partial charge in [-0.2, -0.15) is 0 Å². The minimum atomic E-state index is -0.245. The van der Waals surface area contributed by atoms with E-state index >= 15 is 0 Å². The lowest BCUT2D eigenvalue weighted by Crippen LogP contribution is -2.20. The van der Waals surface area contributed by atoms with Crippen molar-refractivity contribution in [2.24, 2.45) is 11.8 Å². The lowest BCUT2D eigenvalue weighted by Gasteiger charge is -2.31. The van der Waals surface area contributed by atoms with Crippen LogP contribution in [0.5, 0.6) is 5.75 Å². The topological polar surface area (TPSA) is 52.1 Å². The molecule has 1 aromatic carbocycles. The van der Waals surface area contributed by atoms with Gasteiger partial charge in [0.15, 0.2) is 0 Å². The van der Waals surface area contributed by atoms with Gasteiger partial charge in [0.05, 0.1) is 4.47 Å². The standard InChI is InChI=1S/C26H35BrN2O2/c1-4-6-7-8-19-9-11-20(12-10-19)18(3)26-28-16-22(17-29-26)21-13-14-24(23(27)15-21)31-25(30)5-2/h13-20H,4-12H2,1-3H3. The van der Waals surface area contributed by atoms with Crippen molar-refractivity contribution in [3.05, 3.63) is 40.9 Å². The summed E-state index contributed by atoms with van der Waals surface area (Å²) in [7, 11) is 0. The van der Waals surface area contributed by atoms with E-state index in [0.717, 1.165) is 27.3 Å². The Balaban J connectivity index is 1.59. The van der Waals surface area contributed by atoms with Crippen LogP contribution in [-0.4, -0.2) is 15.9 Å². The summed E-state index contributed by atoms with van der Waals surface area (Å²) in [6.07, 6.45) is 15.0. The molecule has 1 saturated carbocycles. The number of carbonyl (C=O) groups is 1. The number of halogens is 1. The molecule has 1 aliphatic carbocycles. The summed E-state index contributed by atoms with van der Waals surface area (Å²) in [5.41, 5.74) is 1.96. The summed E-state index contributed by atoms with van der Waals surface area (Å²) >= 11 is 3.50. The van der Waals surface area contributed by atoms with Gasteiger partial charge in [-0.25, -0.2) is 9.97 Å². The molecule has 0 spiro atoms. The van der Waals surface area contributed by atoms with Crippen LogP contribution >= 0.6 is 15.9 Å². The third-order valence-corrected chi connectivity index (χ3v) is 7.29. The second-order valence-electron chi connectivity index (χ2n) is 8.87. The zero-order chi connectivity index (χ0) is 22.2. The van der Waals surface area contributed by atoms with Gasteiger partial charge < -0.3 is 4.74 Å². The molecule has 1 atom stereocenters. The van der Waals surface area contributed by atoms with E-state index < -0.39 is 0 Å². The maximum absolute atomic E-state index is 11.5. The first kappa shape index (κ1) is 23.9. The number of ether oxygens (including phenoxy) is 1. The molecule has 1 aromatic heterocycles. The molecule has 1 aliphatic rings. The number of esters is 1. The summed E-state index contributed by atoms with van der Waals surface area (Å²) in [5, 5.41) is 0. The molecule has 31 heavy (non-hydrogen) atoms. The highest BCUT2D eigenvalue weighted by Gasteiger charge is 2.27. The van der Waals surface area contributed by atoms with E-state index in [2.05, 4.69) is 29.8 Å². The van der Waals surface area contributed by atoms with E-state index in [1.807, 2.05) is 30.6 Å². The first-order valence-corrected chi connectivity index (χ1v) is 12.6. The molecule has 0 amide bonds. The van der Waals surface area contributed by atoms with E-state index in [1.165, 1.54) is 51.4 Å². The molecular weight excluding hydrogens is 452 g/mol. The Hall–Kier alpha value is -1.75. The van der Waals surface area contributed by atoms with Crippen molar-refractivity contribution in [3.63, 3.8) is 0 Å². The molecule has 0 aliphatic heterocycles. The van der Waals surface area contributed by atoms with Crippen molar-refractivity contribution in [1.82, 2.24) is 9.97 Å². The third-order valence-electron chi connectivity index (χ3n) is 6.67. The number of unbranched alkanes of at least 4 members (excludes halogenated alkanes) is 2. The quantitative estimate of drug-likeness (QED) is 0.207. The Morgan fingerprint density at radius 3 is 2.42 bits per heavy atom. The Kier molecular flexibility index (Phi) is 9.06. The van der Waals surface area contributed by atoms with Crippen LogP contribution in [0.3, 0.4) is 0 Å². The monoisotopic (exact) mass is 486 g/mol. The number of carbonyl (C=O) groups excluding carboxylic acids is 1. The molecule has 1 unspecified atom stereocenters. The van der Waals surface area contributed by atoms with E-state index in [9.17, 15) is 4.79 Å². The molecule has 0 saturated heterocycles. The molecule has 0 bridgehead atoms. The Bertz CT molecular complexity index is 845. The Labute approximate surface area is 195 Å². The van der Waals surface area contributed by atoms with Gasteiger partial charge in [0.2, 0.25) is 0 Å². The highest BCUT2D eigenvalue weighted by molar-refractivity contribution is 9.10. The second-order valence-corrected chi connectivity index (χ2v) is 9.72. The van der Waals surface area contributed by atoms with Gasteiger partial charge in [0.1, 0.15) is 11.6 Å². The van der Waals surface area contributed by atoms with Crippen molar-refractivity contribution < 1.29 is 9.53 Å². The van der Waals surface area contributed by atoms with Gasteiger partial charge in [-0.15, -0.1) is 0 Å². The van der Waals surface area contributed by atoms with Crippen molar-refractivity contribution in [2.75, 3.05) is 0 Å². The number of hydrogen-bond acceptors (Lipinski definition) is 4. The number of hydrogen-bond donors (Lipinski definition) is 0. The zero-order valence-corrected chi connectivity index (χ0v) is 20.7. The molecule has 2 aromatic rings. The predicted molar refractivity (Wildman–Crippen MR) is 129 cm³/mol. The van der Waals surface area contributed by atoms with Crippen LogP contribution in [0.1, 0.15) is 90.3 Å². The van der Waals surface area contributed by atoms with E-state index in [-0.39, 0.29) is 5.97 Å². The van der Waals surface area contributed by atoms with Crippen molar-refractivity contribution >= 4 is 21.9 Å². The predicted octanol–water partition coefficient (Wildman–Crippen LogP) is 7.71. The van der Waals surface area contributed by atoms with Gasteiger partial charge in [-0.1, -0.05) is 65.4 Å². The summed E-state index contributed by atoms with van der Waals surface area (Å²) in [4.78, 5) is 21.0. The maximum atomic E-state index is 11.5. The van der Waals surface area contributed by atoms with Crippen LogP contribution in [0.2, 0.25) is 0 Å². The van der Waals surface area contributed by atoms with Gasteiger partial charge in [-0.3, -0.25) is 4.79 Å². The number of nitrogens with zero attached hydrogens (tertiary/aromatic N) is 2. The number of aromatic nitrogens is 2. The molecule has 5 heteroatoms. The van der Waals surface area contributed by atoms with Crippen molar-refractivity contribution in [2.45, 2.75) is 84.5 Å². The fourth-order valence-electron chi connectivity index (χ4n) is 4.55. The smallest absolute Gasteiger partial charge is 0.310 e. The highest BCUT2D eigenvalue weighted by atomic mass is 79.9. The van der Waals surface area contributed by atoms with Crippen LogP contribution in [0.4, 0.5) is 0 Å². The number of benzene rings is 1. The van der Waals surface area contributed by atoms with Crippen LogP contribution in [0.15, 0.2) is 35.1 Å². The fourth-order valence-corrected chi connectivity index (χ4v) is 5.01. The highest BCUT2D eigenvalue weighted by Crippen LogP contribution is 2.39. The maximum Gasteiger partial charge on any atom is 0.310 e. The van der Waals surface area contributed by atoms with Crippen LogP contribution in [0, 0.1) is 11.8 Å². The SMILES string of the molecule is CCCCCC1CCC(C(C)c2ncc(-c3ccc(OC(=O)CC)c(Br)c3)cn2)CC1. The normalized spacial score (nSPS) is 19.7. The minimum absolute atomic E-state index is 0.245. The Morgan fingerprint density at radius 2 is 1.81 bits per heavy atom. The van der Waals surface area contributed by atoms with Crippen molar-refractivity contribution in [3.8, 4) is 16.9 Å². The van der Waals surface area contributed by atoms with E-state index in [4.69, 9.17) is 14.7 Å². The summed E-state index contributed by atoms with van der Waals surface area (Å²) < 4.78 is 6.07. The molecule has 3 rings (SSSR count). The first-order valence-electron chi connectivity index (χ1n) is 11.8. The van der Waals surface area contributed by atoms with Crippen molar-refractivity contribution in [1.29, 1.82) is 0 Å². The number of rotatable bonds is 9. The second kappa shape index (κ2) is 11.8. The largest absolute Gasteiger partial charge is 0.425 e. The molecular formula is C26H35BrN2O2. The van der Waals surface area contributed by atoms with E-state index in [0.29, 0.717) is 24.0 Å². The average Bonchev–Trinajstić information content (AvgIpc) is 2.80. The molecule has 1 fully saturated rings. The molecule has 1 heterocycles. The van der Waals surface area contributed by atoms with Crippen LogP contribution < -0.4 is 4.74 Å². The molecule has 0 radical (unpaired) electrons. The minimum Gasteiger partial charge on any atom is -0.425 e. The van der Waals surface area contributed by atoms with Crippen LogP contribution in [0.25, 0.3) is 11.1 Å². The lowest BCUT2D eigenvalue weighted by atomic mass is 9.74. The van der Waals surface area contributed by atoms with E-state index in [1.54, 1.807) is 6.92 Å². The van der Waals surface area contributed by atoms with Gasteiger partial charge >= 0.3 is 5.97 Å². The fraction of sp³-hybridized carbons (Fsp3) is 0.577. The summed E-state index contributed by atoms with van der Waals surface area (Å²) in [5.74, 6) is 3.25. The molecule has 4 nitrogen and oxygen atoms in total. The molecule has 168 valence electrons. The lowest BCUT2D eigenvalue weighted by molar-refractivity contribution is -0.134. The Morgan fingerprint density at radius 1 is 1.10 bits per heavy atom. The first-order chi connectivity index (χ1) is 15.0. The third kappa shape index (κ3) is 6.61. The average molecular weight is 487 g/mol. The van der Waals surface area contributed by atoms with Gasteiger partial charge in [0, 0.05) is 30.3 Å². The summed E-state index contributed by atoms with van der Waals surface area (Å²) in [6.45, 7) is 6.34. The summed E-state index contributed by atoms with van der Waals surface area (Å²) in [6, 6.07) is 5.69. The van der Waals surface area contributed by atoms with Gasteiger partial charge in [0.25, 0.3) is 0 Å². The van der Waals surface area contributed by atoms with Gasteiger partial charge in [-0.05, 0) is 58.3 Å².